The lowest BCUT2D eigenvalue weighted by Crippen LogP contribution is -2.24. The number of sulfonamides is 1. The van der Waals surface area contributed by atoms with E-state index in [1.807, 2.05) is 6.07 Å². The van der Waals surface area contributed by atoms with Gasteiger partial charge < -0.3 is 5.32 Å². The molecule has 5 heteroatoms. The van der Waals surface area contributed by atoms with E-state index < -0.39 is 10.0 Å². The maximum absolute atomic E-state index is 11.5. The molecule has 0 aromatic heterocycles. The van der Waals surface area contributed by atoms with Gasteiger partial charge in [0.25, 0.3) is 0 Å². The van der Waals surface area contributed by atoms with Crippen LogP contribution in [-0.2, 0) is 10.0 Å². The van der Waals surface area contributed by atoms with Crippen molar-refractivity contribution in [1.82, 2.24) is 0 Å². The van der Waals surface area contributed by atoms with Gasteiger partial charge in [0, 0.05) is 11.7 Å². The Kier molecular flexibility index (Phi) is 4.16. The smallest absolute Gasteiger partial charge is 0.238 e. The fourth-order valence-electron chi connectivity index (χ4n) is 2.99. The molecule has 106 valence electrons. The van der Waals surface area contributed by atoms with E-state index in [-0.39, 0.29) is 4.90 Å². The SMILES string of the molecule is CCC1CCCC1Nc1cccc(S(N)(=O)=O)c1C. The highest BCUT2D eigenvalue weighted by Gasteiger charge is 2.26. The molecule has 1 saturated carbocycles. The molecule has 0 spiro atoms. The van der Waals surface area contributed by atoms with Gasteiger partial charge in [-0.3, -0.25) is 0 Å². The molecule has 0 bridgehead atoms. The minimum Gasteiger partial charge on any atom is -0.382 e. The highest BCUT2D eigenvalue weighted by atomic mass is 32.2. The summed E-state index contributed by atoms with van der Waals surface area (Å²) in [5.41, 5.74) is 1.60. The third-order valence-electron chi connectivity index (χ3n) is 4.11. The van der Waals surface area contributed by atoms with Crippen LogP contribution in [-0.4, -0.2) is 14.5 Å². The second-order valence-corrected chi connectivity index (χ2v) is 6.85. The summed E-state index contributed by atoms with van der Waals surface area (Å²) in [5.74, 6) is 0.678. The molecule has 0 saturated heterocycles. The van der Waals surface area contributed by atoms with E-state index in [0.717, 1.165) is 18.5 Å². The Morgan fingerprint density at radius 1 is 1.37 bits per heavy atom. The van der Waals surface area contributed by atoms with Crippen molar-refractivity contribution >= 4 is 15.7 Å². The predicted octanol–water partition coefficient (Wildman–Crippen LogP) is 2.63. The summed E-state index contributed by atoms with van der Waals surface area (Å²) in [4.78, 5) is 0.212. The van der Waals surface area contributed by atoms with Crippen LogP contribution in [0.3, 0.4) is 0 Å². The quantitative estimate of drug-likeness (QED) is 0.891. The zero-order valence-electron chi connectivity index (χ0n) is 11.5. The monoisotopic (exact) mass is 282 g/mol. The molecule has 0 aliphatic heterocycles. The highest BCUT2D eigenvalue weighted by Crippen LogP contribution is 2.32. The average molecular weight is 282 g/mol. The number of nitrogens with two attached hydrogens (primary N) is 1. The molecule has 2 unspecified atom stereocenters. The fraction of sp³-hybridized carbons (Fsp3) is 0.571. The normalized spacial score (nSPS) is 23.5. The van der Waals surface area contributed by atoms with Crippen LogP contribution >= 0.6 is 0 Å². The van der Waals surface area contributed by atoms with Gasteiger partial charge in [0.1, 0.15) is 0 Å². The Hall–Kier alpha value is -1.07. The van der Waals surface area contributed by atoms with Crippen molar-refractivity contribution in [3.05, 3.63) is 23.8 Å². The highest BCUT2D eigenvalue weighted by molar-refractivity contribution is 7.89. The summed E-state index contributed by atoms with van der Waals surface area (Å²) < 4.78 is 23.0. The third-order valence-corrected chi connectivity index (χ3v) is 5.17. The number of nitrogens with one attached hydrogen (secondary N) is 1. The number of primary sulfonamides is 1. The first kappa shape index (κ1) is 14.3. The number of hydrogen-bond donors (Lipinski definition) is 2. The fourth-order valence-corrected chi connectivity index (χ4v) is 3.80. The summed E-state index contributed by atoms with van der Waals surface area (Å²) in [6, 6.07) is 5.67. The molecule has 4 nitrogen and oxygen atoms in total. The largest absolute Gasteiger partial charge is 0.382 e. The van der Waals surface area contributed by atoms with Crippen molar-refractivity contribution in [3.63, 3.8) is 0 Å². The van der Waals surface area contributed by atoms with Gasteiger partial charge in [0.05, 0.1) is 4.90 Å². The van der Waals surface area contributed by atoms with Crippen LogP contribution < -0.4 is 10.5 Å². The van der Waals surface area contributed by atoms with Crippen molar-refractivity contribution in [1.29, 1.82) is 0 Å². The molecule has 1 aromatic carbocycles. The van der Waals surface area contributed by atoms with Gasteiger partial charge in [0.2, 0.25) is 10.0 Å². The lowest BCUT2D eigenvalue weighted by molar-refractivity contribution is 0.489. The Bertz CT molecular complexity index is 555. The van der Waals surface area contributed by atoms with Crippen molar-refractivity contribution in [2.24, 2.45) is 11.1 Å². The van der Waals surface area contributed by atoms with E-state index in [2.05, 4.69) is 12.2 Å². The molecule has 0 amide bonds. The first-order valence-electron chi connectivity index (χ1n) is 6.82. The molecule has 1 fully saturated rings. The summed E-state index contributed by atoms with van der Waals surface area (Å²) in [6.07, 6.45) is 4.80. The molecule has 1 aromatic rings. The Morgan fingerprint density at radius 2 is 2.11 bits per heavy atom. The molecular weight excluding hydrogens is 260 g/mol. The van der Waals surface area contributed by atoms with Crippen LogP contribution in [0.2, 0.25) is 0 Å². The Morgan fingerprint density at radius 3 is 2.74 bits per heavy atom. The van der Waals surface area contributed by atoms with Crippen LogP contribution in [0, 0.1) is 12.8 Å². The van der Waals surface area contributed by atoms with Crippen LogP contribution in [0.5, 0.6) is 0 Å². The van der Waals surface area contributed by atoms with Crippen LogP contribution in [0.1, 0.15) is 38.2 Å². The zero-order chi connectivity index (χ0) is 14.0. The molecule has 1 aliphatic rings. The van der Waals surface area contributed by atoms with Gasteiger partial charge in [-0.25, -0.2) is 13.6 Å². The maximum Gasteiger partial charge on any atom is 0.238 e. The van der Waals surface area contributed by atoms with E-state index >= 15 is 0 Å². The molecule has 0 heterocycles. The van der Waals surface area contributed by atoms with Gasteiger partial charge in [0.15, 0.2) is 0 Å². The molecule has 2 rings (SSSR count). The molecule has 2 atom stereocenters. The van der Waals surface area contributed by atoms with Gasteiger partial charge in [-0.2, -0.15) is 0 Å². The lowest BCUT2D eigenvalue weighted by Gasteiger charge is -2.22. The van der Waals surface area contributed by atoms with E-state index in [1.54, 1.807) is 19.1 Å². The zero-order valence-corrected chi connectivity index (χ0v) is 12.3. The maximum atomic E-state index is 11.5. The van der Waals surface area contributed by atoms with Crippen molar-refractivity contribution in [2.45, 2.75) is 50.5 Å². The predicted molar refractivity (Wildman–Crippen MR) is 77.6 cm³/mol. The summed E-state index contributed by atoms with van der Waals surface area (Å²) >= 11 is 0. The number of rotatable bonds is 4. The molecule has 0 radical (unpaired) electrons. The number of anilines is 1. The average Bonchev–Trinajstić information content (AvgIpc) is 2.77. The summed E-state index contributed by atoms with van der Waals surface area (Å²) in [5, 5.41) is 8.74. The Balaban J connectivity index is 2.27. The van der Waals surface area contributed by atoms with Gasteiger partial charge in [-0.1, -0.05) is 25.8 Å². The van der Waals surface area contributed by atoms with Crippen LogP contribution in [0.15, 0.2) is 23.1 Å². The standard InChI is InChI=1S/C14H22N2O2S/c1-3-11-6-4-8-13(11)16-12-7-5-9-14(10(12)2)19(15,17)18/h5,7,9,11,13,16H,3-4,6,8H2,1-2H3,(H2,15,17,18). The van der Waals surface area contributed by atoms with Crippen LogP contribution in [0.25, 0.3) is 0 Å². The third kappa shape index (κ3) is 3.09. The summed E-state index contributed by atoms with van der Waals surface area (Å²) in [6.45, 7) is 4.01. The number of benzene rings is 1. The second-order valence-electron chi connectivity index (χ2n) is 5.32. The van der Waals surface area contributed by atoms with Crippen LogP contribution in [0.4, 0.5) is 5.69 Å². The molecule has 1 aliphatic carbocycles. The van der Waals surface area contributed by atoms with E-state index in [9.17, 15) is 8.42 Å². The van der Waals surface area contributed by atoms with E-state index in [1.165, 1.54) is 12.8 Å². The van der Waals surface area contributed by atoms with Crippen molar-refractivity contribution < 1.29 is 8.42 Å². The topological polar surface area (TPSA) is 72.2 Å². The molecule has 3 N–H and O–H groups in total. The second kappa shape index (κ2) is 5.51. The lowest BCUT2D eigenvalue weighted by atomic mass is 10.00. The van der Waals surface area contributed by atoms with Gasteiger partial charge >= 0.3 is 0 Å². The van der Waals surface area contributed by atoms with Gasteiger partial charge in [-0.05, 0) is 43.4 Å². The molecule has 19 heavy (non-hydrogen) atoms. The number of hydrogen-bond acceptors (Lipinski definition) is 3. The van der Waals surface area contributed by atoms with E-state index in [0.29, 0.717) is 17.5 Å². The van der Waals surface area contributed by atoms with Gasteiger partial charge in [-0.15, -0.1) is 0 Å². The molecular formula is C14H22N2O2S. The minimum absolute atomic E-state index is 0.212. The first-order valence-corrected chi connectivity index (χ1v) is 8.37. The Labute approximate surface area is 115 Å². The summed E-state index contributed by atoms with van der Waals surface area (Å²) in [7, 11) is -3.65. The van der Waals surface area contributed by atoms with E-state index in [4.69, 9.17) is 5.14 Å². The first-order chi connectivity index (χ1) is 8.93. The van der Waals surface area contributed by atoms with Crippen molar-refractivity contribution in [3.8, 4) is 0 Å². The van der Waals surface area contributed by atoms with Crippen molar-refractivity contribution in [2.75, 3.05) is 5.32 Å². The minimum atomic E-state index is -3.65.